The van der Waals surface area contributed by atoms with Crippen LogP contribution in [0.1, 0.15) is 22.8 Å². The van der Waals surface area contributed by atoms with Gasteiger partial charge in [0.25, 0.3) is 0 Å². The van der Waals surface area contributed by atoms with Crippen molar-refractivity contribution in [1.29, 1.82) is 0 Å². The Kier molecular flexibility index (Phi) is 4.35. The fourth-order valence-corrected chi connectivity index (χ4v) is 1.88. The van der Waals surface area contributed by atoms with Crippen LogP contribution < -0.4 is 9.47 Å². The summed E-state index contributed by atoms with van der Waals surface area (Å²) in [5.41, 5.74) is 0.661. The van der Waals surface area contributed by atoms with Crippen molar-refractivity contribution in [2.45, 2.75) is 6.92 Å². The average Bonchev–Trinajstić information content (AvgIpc) is 2.47. The quantitative estimate of drug-likeness (QED) is 0.783. The van der Waals surface area contributed by atoms with E-state index in [1.54, 1.807) is 24.3 Å². The number of benzene rings is 2. The fourth-order valence-electron chi connectivity index (χ4n) is 1.88. The van der Waals surface area contributed by atoms with Gasteiger partial charge in [0.05, 0.1) is 19.3 Å². The number of ketones is 1. The Labute approximate surface area is 117 Å². The first-order chi connectivity index (χ1) is 9.65. The minimum absolute atomic E-state index is 0.205. The van der Waals surface area contributed by atoms with Gasteiger partial charge in [-0.2, -0.15) is 0 Å². The second-order valence-electron chi connectivity index (χ2n) is 4.13. The molecule has 2 rings (SSSR count). The second-order valence-corrected chi connectivity index (χ2v) is 4.13. The molecule has 0 radical (unpaired) electrons. The predicted molar refractivity (Wildman–Crippen MR) is 74.0 cm³/mol. The molecule has 0 amide bonds. The summed E-state index contributed by atoms with van der Waals surface area (Å²) in [6.07, 6.45) is 0. The average molecular weight is 274 g/mol. The van der Waals surface area contributed by atoms with Crippen molar-refractivity contribution in [2.24, 2.45) is 0 Å². The van der Waals surface area contributed by atoms with E-state index in [0.717, 1.165) is 0 Å². The summed E-state index contributed by atoms with van der Waals surface area (Å²) in [6.45, 7) is 2.45. The highest BCUT2D eigenvalue weighted by atomic mass is 19.1. The monoisotopic (exact) mass is 274 g/mol. The number of carbonyl (C=O) groups excluding carboxylic acids is 1. The van der Waals surface area contributed by atoms with Crippen molar-refractivity contribution in [2.75, 3.05) is 13.7 Å². The third-order valence-corrected chi connectivity index (χ3v) is 2.83. The molecule has 0 atom stereocenters. The van der Waals surface area contributed by atoms with Crippen LogP contribution in [0, 0.1) is 5.82 Å². The number of carbonyl (C=O) groups is 1. The van der Waals surface area contributed by atoms with E-state index in [9.17, 15) is 9.18 Å². The topological polar surface area (TPSA) is 35.5 Å². The number of rotatable bonds is 5. The first kappa shape index (κ1) is 14.1. The lowest BCUT2D eigenvalue weighted by molar-refractivity contribution is 0.103. The van der Waals surface area contributed by atoms with Crippen LogP contribution in [0.5, 0.6) is 11.5 Å². The highest BCUT2D eigenvalue weighted by molar-refractivity contribution is 6.10. The number of ether oxygens (including phenoxy) is 2. The highest BCUT2D eigenvalue weighted by Crippen LogP contribution is 2.23. The minimum Gasteiger partial charge on any atom is -0.496 e. The van der Waals surface area contributed by atoms with Gasteiger partial charge in [-0.05, 0) is 49.4 Å². The molecule has 0 aromatic heterocycles. The van der Waals surface area contributed by atoms with Crippen molar-refractivity contribution >= 4 is 5.78 Å². The van der Waals surface area contributed by atoms with E-state index in [-0.39, 0.29) is 11.3 Å². The zero-order chi connectivity index (χ0) is 14.5. The van der Waals surface area contributed by atoms with Crippen molar-refractivity contribution in [3.05, 3.63) is 59.4 Å². The smallest absolute Gasteiger partial charge is 0.196 e. The molecular weight excluding hydrogens is 259 g/mol. The zero-order valence-corrected chi connectivity index (χ0v) is 11.4. The lowest BCUT2D eigenvalue weighted by atomic mass is 10.0. The van der Waals surface area contributed by atoms with Crippen LogP contribution >= 0.6 is 0 Å². The van der Waals surface area contributed by atoms with Gasteiger partial charge in [0, 0.05) is 5.56 Å². The molecule has 0 bridgehead atoms. The van der Waals surface area contributed by atoms with Crippen LogP contribution in [0.15, 0.2) is 42.5 Å². The van der Waals surface area contributed by atoms with Crippen LogP contribution in [0.3, 0.4) is 0 Å². The molecule has 0 N–H and O–H groups in total. The van der Waals surface area contributed by atoms with Crippen molar-refractivity contribution in [3.63, 3.8) is 0 Å². The molecule has 3 nitrogen and oxygen atoms in total. The summed E-state index contributed by atoms with van der Waals surface area (Å²) >= 11 is 0. The van der Waals surface area contributed by atoms with Crippen LogP contribution in [-0.4, -0.2) is 19.5 Å². The summed E-state index contributed by atoms with van der Waals surface area (Å²) in [7, 11) is 1.45. The molecule has 0 unspecified atom stereocenters. The fraction of sp³-hybridized carbons (Fsp3) is 0.188. The Bertz CT molecular complexity index is 606. The van der Waals surface area contributed by atoms with E-state index < -0.39 is 5.82 Å². The van der Waals surface area contributed by atoms with E-state index in [1.165, 1.54) is 25.3 Å². The van der Waals surface area contributed by atoms with E-state index in [1.807, 2.05) is 6.92 Å². The lowest BCUT2D eigenvalue weighted by Gasteiger charge is -2.08. The first-order valence-electron chi connectivity index (χ1n) is 6.26. The minimum atomic E-state index is -0.472. The maximum atomic E-state index is 13.3. The van der Waals surface area contributed by atoms with E-state index in [2.05, 4.69) is 0 Å². The van der Waals surface area contributed by atoms with Crippen LogP contribution in [0.25, 0.3) is 0 Å². The number of halogens is 1. The van der Waals surface area contributed by atoms with Gasteiger partial charge in [0.2, 0.25) is 0 Å². The first-order valence-corrected chi connectivity index (χ1v) is 6.26. The third-order valence-electron chi connectivity index (χ3n) is 2.83. The molecule has 0 aliphatic heterocycles. The molecule has 0 aliphatic carbocycles. The molecule has 104 valence electrons. The van der Waals surface area contributed by atoms with Gasteiger partial charge < -0.3 is 9.47 Å². The molecule has 0 spiro atoms. The maximum Gasteiger partial charge on any atom is 0.196 e. The van der Waals surface area contributed by atoms with Crippen molar-refractivity contribution < 1.29 is 18.7 Å². The molecule has 0 heterocycles. The van der Waals surface area contributed by atoms with Gasteiger partial charge in [-0.1, -0.05) is 0 Å². The maximum absolute atomic E-state index is 13.3. The summed E-state index contributed by atoms with van der Waals surface area (Å²) in [5.74, 6) is 0.282. The number of hydrogen-bond acceptors (Lipinski definition) is 3. The summed E-state index contributed by atoms with van der Waals surface area (Å²) in [4.78, 5) is 12.4. The standard InChI is InChI=1S/C16H15FO3/c1-3-20-13-7-4-11(5-8-13)16(18)14-10-12(17)6-9-15(14)19-2/h4-10H,3H2,1-2H3. The van der Waals surface area contributed by atoms with Gasteiger partial charge in [-0.15, -0.1) is 0 Å². The molecule has 2 aromatic carbocycles. The Morgan fingerprint density at radius 3 is 2.45 bits per heavy atom. The molecule has 2 aromatic rings. The zero-order valence-electron chi connectivity index (χ0n) is 11.4. The number of hydrogen-bond donors (Lipinski definition) is 0. The Morgan fingerprint density at radius 2 is 1.85 bits per heavy atom. The molecular formula is C16H15FO3. The summed E-state index contributed by atoms with van der Waals surface area (Å²) in [6, 6.07) is 10.6. The molecule has 0 fully saturated rings. The molecule has 0 saturated heterocycles. The van der Waals surface area contributed by atoms with Crippen LogP contribution in [-0.2, 0) is 0 Å². The van der Waals surface area contributed by atoms with Gasteiger partial charge in [-0.25, -0.2) is 4.39 Å². The summed E-state index contributed by atoms with van der Waals surface area (Å²) in [5, 5.41) is 0. The predicted octanol–water partition coefficient (Wildman–Crippen LogP) is 3.46. The van der Waals surface area contributed by atoms with Gasteiger partial charge in [0.15, 0.2) is 5.78 Å². The van der Waals surface area contributed by atoms with Gasteiger partial charge >= 0.3 is 0 Å². The van der Waals surface area contributed by atoms with Gasteiger partial charge in [0.1, 0.15) is 17.3 Å². The van der Waals surface area contributed by atoms with E-state index in [4.69, 9.17) is 9.47 Å². The largest absolute Gasteiger partial charge is 0.496 e. The Balaban J connectivity index is 2.33. The summed E-state index contributed by atoms with van der Waals surface area (Å²) < 4.78 is 23.7. The molecule has 0 aliphatic rings. The Morgan fingerprint density at radius 1 is 1.15 bits per heavy atom. The van der Waals surface area contributed by atoms with Gasteiger partial charge in [-0.3, -0.25) is 4.79 Å². The SMILES string of the molecule is CCOc1ccc(C(=O)c2cc(F)ccc2OC)cc1. The molecule has 4 heteroatoms. The number of methoxy groups -OCH3 is 1. The third kappa shape index (κ3) is 2.96. The highest BCUT2D eigenvalue weighted by Gasteiger charge is 2.15. The van der Waals surface area contributed by atoms with Crippen molar-refractivity contribution in [1.82, 2.24) is 0 Å². The van der Waals surface area contributed by atoms with E-state index >= 15 is 0 Å². The Hall–Kier alpha value is -2.36. The molecule has 20 heavy (non-hydrogen) atoms. The second kappa shape index (κ2) is 6.19. The normalized spacial score (nSPS) is 10.2. The van der Waals surface area contributed by atoms with Crippen molar-refractivity contribution in [3.8, 4) is 11.5 Å². The lowest BCUT2D eigenvalue weighted by Crippen LogP contribution is -2.04. The van der Waals surface area contributed by atoms with Crippen LogP contribution in [0.4, 0.5) is 4.39 Å². The van der Waals surface area contributed by atoms with Crippen LogP contribution in [0.2, 0.25) is 0 Å². The van der Waals surface area contributed by atoms with E-state index in [0.29, 0.717) is 23.7 Å². The molecule has 0 saturated carbocycles.